The highest BCUT2D eigenvalue weighted by molar-refractivity contribution is 9.10. The summed E-state index contributed by atoms with van der Waals surface area (Å²) >= 11 is 3.44. The van der Waals surface area contributed by atoms with Gasteiger partial charge in [0.25, 0.3) is 0 Å². The molecule has 0 heterocycles. The Morgan fingerprint density at radius 3 is 2.67 bits per heavy atom. The van der Waals surface area contributed by atoms with Crippen molar-refractivity contribution < 1.29 is 10.2 Å². The van der Waals surface area contributed by atoms with Gasteiger partial charge in [0.1, 0.15) is 0 Å². The Morgan fingerprint density at radius 1 is 1.17 bits per heavy atom. The molecule has 0 spiro atoms. The first-order valence-corrected chi connectivity index (χ1v) is 6.18. The summed E-state index contributed by atoms with van der Waals surface area (Å²) in [5.41, 5.74) is 2.39. The third-order valence-corrected chi connectivity index (χ3v) is 3.41. The maximum Gasteiger partial charge on any atom is 0.166 e. The predicted octanol–water partition coefficient (Wildman–Crippen LogP) is 3.92. The molecule has 2 aromatic rings. The van der Waals surface area contributed by atoms with Crippen molar-refractivity contribution in [3.05, 3.63) is 52.0 Å². The lowest BCUT2D eigenvalue weighted by molar-refractivity contribution is 0.403. The van der Waals surface area contributed by atoms with Crippen LogP contribution in [0.2, 0.25) is 0 Å². The summed E-state index contributed by atoms with van der Waals surface area (Å²) in [4.78, 5) is 4.25. The minimum atomic E-state index is -0.160. The highest BCUT2D eigenvalue weighted by atomic mass is 79.9. The molecule has 0 unspecified atom stereocenters. The number of hydrogen-bond acceptors (Lipinski definition) is 3. The van der Waals surface area contributed by atoms with Gasteiger partial charge in [-0.2, -0.15) is 0 Å². The number of hydrogen-bond donors (Lipinski definition) is 2. The first kappa shape index (κ1) is 12.6. The standard InChI is InChI=1S/C14H12BrNO2/c1-9-5-6-11(7-12(9)15)16-8-10-3-2-4-13(17)14(10)18/h2-8,17-18H,1H3. The molecular formula is C14H12BrNO2. The van der Waals surface area contributed by atoms with E-state index in [4.69, 9.17) is 0 Å². The van der Waals surface area contributed by atoms with E-state index in [-0.39, 0.29) is 11.5 Å². The Kier molecular flexibility index (Phi) is 3.67. The van der Waals surface area contributed by atoms with Crippen LogP contribution in [-0.2, 0) is 0 Å². The van der Waals surface area contributed by atoms with E-state index in [2.05, 4.69) is 20.9 Å². The molecular weight excluding hydrogens is 294 g/mol. The van der Waals surface area contributed by atoms with Crippen molar-refractivity contribution in [1.82, 2.24) is 0 Å². The predicted molar refractivity (Wildman–Crippen MR) is 75.9 cm³/mol. The van der Waals surface area contributed by atoms with Crippen LogP contribution in [0.3, 0.4) is 0 Å². The molecule has 92 valence electrons. The maximum absolute atomic E-state index is 9.62. The van der Waals surface area contributed by atoms with Crippen LogP contribution >= 0.6 is 15.9 Å². The number of phenolic OH excluding ortho intramolecular Hbond substituents is 2. The summed E-state index contributed by atoms with van der Waals surface area (Å²) in [6.07, 6.45) is 1.52. The van der Waals surface area contributed by atoms with Crippen LogP contribution in [0.4, 0.5) is 5.69 Å². The summed E-state index contributed by atoms with van der Waals surface area (Å²) < 4.78 is 0.984. The summed E-state index contributed by atoms with van der Waals surface area (Å²) in [7, 11) is 0. The van der Waals surface area contributed by atoms with Gasteiger partial charge in [0.2, 0.25) is 0 Å². The van der Waals surface area contributed by atoms with Gasteiger partial charge in [0, 0.05) is 16.3 Å². The fourth-order valence-corrected chi connectivity index (χ4v) is 1.83. The summed E-state index contributed by atoms with van der Waals surface area (Å²) in [5, 5.41) is 19.0. The number of halogens is 1. The van der Waals surface area contributed by atoms with E-state index in [9.17, 15) is 10.2 Å². The molecule has 2 rings (SSSR count). The quantitative estimate of drug-likeness (QED) is 0.652. The molecule has 0 amide bonds. The van der Waals surface area contributed by atoms with Crippen LogP contribution < -0.4 is 0 Å². The minimum absolute atomic E-state index is 0.149. The van der Waals surface area contributed by atoms with Crippen molar-refractivity contribution in [1.29, 1.82) is 0 Å². The topological polar surface area (TPSA) is 52.8 Å². The molecule has 0 saturated carbocycles. The second kappa shape index (κ2) is 5.23. The molecule has 0 radical (unpaired) electrons. The van der Waals surface area contributed by atoms with Crippen LogP contribution in [0.5, 0.6) is 11.5 Å². The van der Waals surface area contributed by atoms with Crippen LogP contribution in [0, 0.1) is 6.92 Å². The van der Waals surface area contributed by atoms with E-state index in [1.807, 2.05) is 25.1 Å². The van der Waals surface area contributed by atoms with E-state index < -0.39 is 0 Å². The molecule has 2 aromatic carbocycles. The van der Waals surface area contributed by atoms with E-state index in [1.54, 1.807) is 12.1 Å². The molecule has 0 aliphatic heterocycles. The third kappa shape index (κ3) is 2.71. The number of aliphatic imine (C=N–C) groups is 1. The first-order chi connectivity index (χ1) is 8.58. The summed E-state index contributed by atoms with van der Waals surface area (Å²) in [6, 6.07) is 10.5. The number of para-hydroxylation sites is 1. The number of aromatic hydroxyl groups is 2. The normalized spacial score (nSPS) is 11.0. The van der Waals surface area contributed by atoms with Gasteiger partial charge in [-0.25, -0.2) is 0 Å². The lowest BCUT2D eigenvalue weighted by Gasteiger charge is -2.01. The molecule has 0 aliphatic carbocycles. The van der Waals surface area contributed by atoms with Gasteiger partial charge in [-0.1, -0.05) is 28.1 Å². The molecule has 0 bridgehead atoms. The zero-order chi connectivity index (χ0) is 13.1. The zero-order valence-corrected chi connectivity index (χ0v) is 11.3. The van der Waals surface area contributed by atoms with E-state index in [0.29, 0.717) is 5.56 Å². The summed E-state index contributed by atoms with van der Waals surface area (Å²) in [6.45, 7) is 2.00. The number of aryl methyl sites for hydroxylation is 1. The highest BCUT2D eigenvalue weighted by Crippen LogP contribution is 2.28. The summed E-state index contributed by atoms with van der Waals surface area (Å²) in [5.74, 6) is -0.309. The highest BCUT2D eigenvalue weighted by Gasteiger charge is 2.03. The van der Waals surface area contributed by atoms with Crippen LogP contribution in [-0.4, -0.2) is 16.4 Å². The Morgan fingerprint density at radius 2 is 1.94 bits per heavy atom. The third-order valence-electron chi connectivity index (χ3n) is 2.55. The van der Waals surface area contributed by atoms with Gasteiger partial charge < -0.3 is 10.2 Å². The largest absolute Gasteiger partial charge is 0.504 e. The maximum atomic E-state index is 9.62. The molecule has 2 N–H and O–H groups in total. The van der Waals surface area contributed by atoms with E-state index in [0.717, 1.165) is 15.7 Å². The SMILES string of the molecule is Cc1ccc(N=Cc2cccc(O)c2O)cc1Br. The fourth-order valence-electron chi connectivity index (χ4n) is 1.46. The molecule has 0 atom stereocenters. The van der Waals surface area contributed by atoms with Crippen molar-refractivity contribution in [2.24, 2.45) is 4.99 Å². The Balaban J connectivity index is 2.30. The lowest BCUT2D eigenvalue weighted by Crippen LogP contribution is -1.82. The molecule has 3 nitrogen and oxygen atoms in total. The molecule has 18 heavy (non-hydrogen) atoms. The van der Waals surface area contributed by atoms with Crippen molar-refractivity contribution in [3.8, 4) is 11.5 Å². The molecule has 0 aromatic heterocycles. The van der Waals surface area contributed by atoms with Gasteiger partial charge in [0.15, 0.2) is 11.5 Å². The second-order valence-corrected chi connectivity index (χ2v) is 4.76. The molecule has 0 saturated heterocycles. The van der Waals surface area contributed by atoms with Crippen LogP contribution in [0.1, 0.15) is 11.1 Å². The average molecular weight is 306 g/mol. The number of phenols is 2. The van der Waals surface area contributed by atoms with E-state index in [1.165, 1.54) is 12.3 Å². The number of benzene rings is 2. The average Bonchev–Trinajstić information content (AvgIpc) is 2.35. The van der Waals surface area contributed by atoms with Gasteiger partial charge in [-0.05, 0) is 36.8 Å². The van der Waals surface area contributed by atoms with Gasteiger partial charge in [-0.15, -0.1) is 0 Å². The van der Waals surface area contributed by atoms with E-state index >= 15 is 0 Å². The van der Waals surface area contributed by atoms with Crippen molar-refractivity contribution in [3.63, 3.8) is 0 Å². The molecule has 0 aliphatic rings. The Bertz CT molecular complexity index is 609. The van der Waals surface area contributed by atoms with Gasteiger partial charge >= 0.3 is 0 Å². The lowest BCUT2D eigenvalue weighted by atomic mass is 10.2. The Labute approximate surface area is 114 Å². The van der Waals surface area contributed by atoms with Crippen molar-refractivity contribution >= 4 is 27.8 Å². The first-order valence-electron chi connectivity index (χ1n) is 5.39. The second-order valence-electron chi connectivity index (χ2n) is 3.91. The monoisotopic (exact) mass is 305 g/mol. The number of rotatable bonds is 2. The molecule has 0 fully saturated rings. The van der Waals surface area contributed by atoms with Gasteiger partial charge in [0.05, 0.1) is 5.69 Å². The Hall–Kier alpha value is -1.81. The fraction of sp³-hybridized carbons (Fsp3) is 0.0714. The van der Waals surface area contributed by atoms with Crippen molar-refractivity contribution in [2.45, 2.75) is 6.92 Å². The number of nitrogens with zero attached hydrogens (tertiary/aromatic N) is 1. The minimum Gasteiger partial charge on any atom is -0.504 e. The van der Waals surface area contributed by atoms with Gasteiger partial charge in [-0.3, -0.25) is 4.99 Å². The zero-order valence-electron chi connectivity index (χ0n) is 9.76. The van der Waals surface area contributed by atoms with Crippen LogP contribution in [0.25, 0.3) is 0 Å². The van der Waals surface area contributed by atoms with Crippen LogP contribution in [0.15, 0.2) is 45.9 Å². The smallest absolute Gasteiger partial charge is 0.166 e. The van der Waals surface area contributed by atoms with Crippen molar-refractivity contribution in [2.75, 3.05) is 0 Å². The molecule has 4 heteroatoms.